The number of fused-ring (bicyclic) bond motifs is 5. The van der Waals surface area contributed by atoms with Crippen LogP contribution in [-0.2, 0) is 0 Å². The fraction of sp³-hybridized carbons (Fsp3) is 0.0800. The lowest BCUT2D eigenvalue weighted by molar-refractivity contribution is 0.983. The minimum absolute atomic E-state index is 0.844. The summed E-state index contributed by atoms with van der Waals surface area (Å²) in [6, 6.07) is 4.11. The van der Waals surface area contributed by atoms with Gasteiger partial charge in [-0.1, -0.05) is 6.92 Å². The summed E-state index contributed by atoms with van der Waals surface area (Å²) in [5.41, 5.74) is 9.54. The van der Waals surface area contributed by atoms with Gasteiger partial charge in [0.2, 0.25) is 0 Å². The molecule has 3 N–H and O–H groups in total. The van der Waals surface area contributed by atoms with E-state index in [2.05, 4.69) is 59.0 Å². The van der Waals surface area contributed by atoms with E-state index in [1.807, 2.05) is 36.7 Å². The molecule has 0 aromatic carbocycles. The number of aromatic amines is 1. The SMILES string of the molecule is CCC1=C2C=CC(=N2)C(=C2NC=CN2)C2=NC(=Cc3ccc([nH]3)C=C3C=CC1=N3)C=C2. The van der Waals surface area contributed by atoms with Crippen molar-refractivity contribution < 1.29 is 0 Å². The van der Waals surface area contributed by atoms with Crippen molar-refractivity contribution in [2.24, 2.45) is 15.0 Å². The van der Waals surface area contributed by atoms with E-state index in [-0.39, 0.29) is 0 Å². The van der Waals surface area contributed by atoms with Crippen LogP contribution in [0.5, 0.6) is 0 Å². The van der Waals surface area contributed by atoms with Crippen molar-refractivity contribution in [2.75, 3.05) is 0 Å². The van der Waals surface area contributed by atoms with E-state index in [0.29, 0.717) is 0 Å². The van der Waals surface area contributed by atoms with Gasteiger partial charge >= 0.3 is 0 Å². The molecule has 0 radical (unpaired) electrons. The van der Waals surface area contributed by atoms with E-state index < -0.39 is 0 Å². The summed E-state index contributed by atoms with van der Waals surface area (Å²) >= 11 is 0. The Balaban J connectivity index is 1.58. The molecule has 31 heavy (non-hydrogen) atoms. The van der Waals surface area contributed by atoms with Crippen LogP contribution in [0.3, 0.4) is 0 Å². The van der Waals surface area contributed by atoms with E-state index in [4.69, 9.17) is 15.0 Å². The van der Waals surface area contributed by atoms with Crippen molar-refractivity contribution in [2.45, 2.75) is 13.3 Å². The van der Waals surface area contributed by atoms with Crippen LogP contribution in [0.1, 0.15) is 24.7 Å². The Kier molecular flexibility index (Phi) is 3.96. The molecule has 1 aromatic heterocycles. The highest BCUT2D eigenvalue weighted by atomic mass is 15.1. The van der Waals surface area contributed by atoms with Gasteiger partial charge in [0.15, 0.2) is 0 Å². The van der Waals surface area contributed by atoms with E-state index in [0.717, 1.165) is 69.0 Å². The molecule has 6 rings (SSSR count). The summed E-state index contributed by atoms with van der Waals surface area (Å²) in [7, 11) is 0. The van der Waals surface area contributed by atoms with Crippen molar-refractivity contribution in [1.29, 1.82) is 0 Å². The van der Waals surface area contributed by atoms with E-state index in [1.165, 1.54) is 0 Å². The van der Waals surface area contributed by atoms with Crippen molar-refractivity contribution in [3.8, 4) is 0 Å². The molecule has 0 atom stereocenters. The van der Waals surface area contributed by atoms with Crippen LogP contribution < -0.4 is 10.6 Å². The predicted octanol–water partition coefficient (Wildman–Crippen LogP) is 4.28. The molecule has 0 saturated carbocycles. The highest BCUT2D eigenvalue weighted by molar-refractivity contribution is 6.33. The van der Waals surface area contributed by atoms with Gasteiger partial charge in [0.1, 0.15) is 5.82 Å². The molecule has 0 spiro atoms. The number of aliphatic imine (C=N–C) groups is 3. The molecule has 0 unspecified atom stereocenters. The van der Waals surface area contributed by atoms with Gasteiger partial charge in [-0.25, -0.2) is 15.0 Å². The number of hydrogen-bond acceptors (Lipinski definition) is 5. The van der Waals surface area contributed by atoms with Gasteiger partial charge in [0.05, 0.1) is 39.8 Å². The number of rotatable bonds is 1. The monoisotopic (exact) mass is 404 g/mol. The van der Waals surface area contributed by atoms with Gasteiger partial charge in [0, 0.05) is 29.4 Å². The fourth-order valence-electron chi connectivity index (χ4n) is 4.13. The summed E-state index contributed by atoms with van der Waals surface area (Å²) in [5, 5.41) is 6.54. The van der Waals surface area contributed by atoms with Crippen LogP contribution >= 0.6 is 0 Å². The topological polar surface area (TPSA) is 76.9 Å². The number of nitrogens with zero attached hydrogens (tertiary/aromatic N) is 3. The molecule has 5 aliphatic rings. The van der Waals surface area contributed by atoms with Gasteiger partial charge < -0.3 is 15.6 Å². The molecule has 0 fully saturated rings. The average molecular weight is 404 g/mol. The molecule has 0 amide bonds. The fourth-order valence-corrected chi connectivity index (χ4v) is 4.13. The zero-order chi connectivity index (χ0) is 20.8. The maximum absolute atomic E-state index is 4.99. The van der Waals surface area contributed by atoms with Crippen LogP contribution in [0.4, 0.5) is 0 Å². The van der Waals surface area contributed by atoms with E-state index in [9.17, 15) is 0 Å². The van der Waals surface area contributed by atoms with Gasteiger partial charge in [0.25, 0.3) is 0 Å². The Hall–Kier alpha value is -4.19. The first-order valence-electron chi connectivity index (χ1n) is 10.4. The van der Waals surface area contributed by atoms with Crippen molar-refractivity contribution >= 4 is 29.3 Å². The van der Waals surface area contributed by atoms with Gasteiger partial charge in [-0.05, 0) is 67.2 Å². The quantitative estimate of drug-likeness (QED) is 0.653. The zero-order valence-electron chi connectivity index (χ0n) is 17.0. The highest BCUT2D eigenvalue weighted by Gasteiger charge is 2.24. The lowest BCUT2D eigenvalue weighted by Crippen LogP contribution is -2.21. The number of H-pyrrole nitrogens is 1. The second kappa shape index (κ2) is 6.95. The minimum Gasteiger partial charge on any atom is -0.355 e. The second-order valence-electron chi connectivity index (χ2n) is 7.59. The van der Waals surface area contributed by atoms with Gasteiger partial charge in [-0.15, -0.1) is 0 Å². The third kappa shape index (κ3) is 3.09. The largest absolute Gasteiger partial charge is 0.355 e. The predicted molar refractivity (Wildman–Crippen MR) is 126 cm³/mol. The summed E-state index contributed by atoms with van der Waals surface area (Å²) in [4.78, 5) is 18.1. The molecule has 0 saturated heterocycles. The van der Waals surface area contributed by atoms with Crippen molar-refractivity contribution in [3.05, 3.63) is 106 Å². The van der Waals surface area contributed by atoms with Crippen LogP contribution in [-0.4, -0.2) is 22.1 Å². The first kappa shape index (κ1) is 17.7. The average Bonchev–Trinajstić information content (AvgIpc) is 3.56. The first-order chi connectivity index (χ1) is 15.3. The Morgan fingerprint density at radius 1 is 0.710 bits per heavy atom. The van der Waals surface area contributed by atoms with Crippen LogP contribution in [0.25, 0.3) is 12.2 Å². The number of hydrogen-bond donors (Lipinski definition) is 3. The summed E-state index contributed by atoms with van der Waals surface area (Å²) in [6.45, 7) is 2.14. The molecular formula is C25H20N6. The van der Waals surface area contributed by atoms with E-state index in [1.54, 1.807) is 0 Å². The molecule has 6 heterocycles. The molecule has 5 aliphatic heterocycles. The van der Waals surface area contributed by atoms with E-state index >= 15 is 0 Å². The van der Waals surface area contributed by atoms with Crippen molar-refractivity contribution in [3.63, 3.8) is 0 Å². The van der Waals surface area contributed by atoms with Crippen LogP contribution in [0, 0.1) is 0 Å². The van der Waals surface area contributed by atoms with Gasteiger partial charge in [-0.2, -0.15) is 0 Å². The first-order valence-corrected chi connectivity index (χ1v) is 10.4. The third-order valence-electron chi connectivity index (χ3n) is 5.57. The zero-order valence-corrected chi connectivity index (χ0v) is 17.0. The molecule has 1 aromatic rings. The standard InChI is InChI=1S/C25H20N6/c1-2-19-20-7-5-17(29-20)13-15-3-4-16(28-15)14-18-6-8-22(30-18)24(25-26-11-12-27-25)23-10-9-21(19)31-23/h3-14,26-28H,2H2,1H3. The molecule has 6 heteroatoms. The Morgan fingerprint density at radius 3 is 2.03 bits per heavy atom. The maximum Gasteiger partial charge on any atom is 0.119 e. The lowest BCUT2D eigenvalue weighted by Gasteiger charge is -2.10. The highest BCUT2D eigenvalue weighted by Crippen LogP contribution is 2.28. The molecule has 6 nitrogen and oxygen atoms in total. The number of aromatic nitrogens is 1. The van der Waals surface area contributed by atoms with Crippen molar-refractivity contribution in [1.82, 2.24) is 15.6 Å². The van der Waals surface area contributed by atoms with Crippen LogP contribution in [0.15, 0.2) is 110 Å². The molecule has 8 bridgehead atoms. The van der Waals surface area contributed by atoms with Crippen LogP contribution in [0.2, 0.25) is 0 Å². The Bertz CT molecular complexity index is 1330. The number of nitrogens with one attached hydrogen (secondary N) is 3. The molecule has 0 aliphatic carbocycles. The molecule has 150 valence electrons. The smallest absolute Gasteiger partial charge is 0.119 e. The second-order valence-corrected chi connectivity index (χ2v) is 7.59. The maximum atomic E-state index is 4.99. The van der Waals surface area contributed by atoms with Gasteiger partial charge in [-0.3, -0.25) is 0 Å². The summed E-state index contributed by atoms with van der Waals surface area (Å²) in [6.07, 6.45) is 21.0. The Labute approximate surface area is 180 Å². The summed E-state index contributed by atoms with van der Waals surface area (Å²) in [5.74, 6) is 0.874. The normalized spacial score (nSPS) is 20.6. The molecular weight excluding hydrogens is 384 g/mol. The lowest BCUT2D eigenvalue weighted by atomic mass is 10.0. The third-order valence-corrected chi connectivity index (χ3v) is 5.57. The Morgan fingerprint density at radius 2 is 1.32 bits per heavy atom. The number of allylic oxidation sites excluding steroid dienone is 8. The minimum atomic E-state index is 0.844. The summed E-state index contributed by atoms with van der Waals surface area (Å²) < 4.78 is 0.